The molecular weight excluding hydrogens is 192 g/mol. The molecule has 0 spiro atoms. The van der Waals surface area contributed by atoms with Gasteiger partial charge < -0.3 is 16.2 Å². The molecule has 4 N–H and O–H groups in total. The highest BCUT2D eigenvalue weighted by Gasteiger charge is 2.20. The number of carbonyl (C=O) groups excluding carboxylic acids is 1. The number of carbonyl (C=O) groups is 2. The Balaban J connectivity index is 4.09. The number of thiol groups is 1. The van der Waals surface area contributed by atoms with Gasteiger partial charge >= 0.3 is 5.97 Å². The third kappa shape index (κ3) is 4.14. The lowest BCUT2D eigenvalue weighted by atomic mass is 10.2. The average molecular weight is 206 g/mol. The second kappa shape index (κ2) is 5.82. The van der Waals surface area contributed by atoms with E-state index in [4.69, 9.17) is 10.8 Å². The molecule has 0 aromatic carbocycles. The van der Waals surface area contributed by atoms with Gasteiger partial charge in [-0.1, -0.05) is 6.92 Å². The van der Waals surface area contributed by atoms with E-state index in [1.807, 2.05) is 0 Å². The second-order valence-electron chi connectivity index (χ2n) is 2.60. The van der Waals surface area contributed by atoms with E-state index in [2.05, 4.69) is 17.9 Å². The lowest BCUT2D eigenvalue weighted by Gasteiger charge is -2.14. The van der Waals surface area contributed by atoms with Crippen molar-refractivity contribution in [2.24, 2.45) is 5.73 Å². The largest absolute Gasteiger partial charge is 0.480 e. The summed E-state index contributed by atoms with van der Waals surface area (Å²) in [5.74, 6) is -1.51. The zero-order valence-electron chi connectivity index (χ0n) is 7.36. The quantitative estimate of drug-likeness (QED) is 0.444. The fourth-order valence-corrected chi connectivity index (χ4v) is 0.897. The molecule has 0 bridgehead atoms. The van der Waals surface area contributed by atoms with Crippen LogP contribution in [0, 0.1) is 0 Å². The summed E-state index contributed by atoms with van der Waals surface area (Å²) >= 11 is 3.79. The molecule has 0 saturated heterocycles. The van der Waals surface area contributed by atoms with Crippen LogP contribution in [0.1, 0.15) is 13.3 Å². The number of carboxylic acids is 1. The Morgan fingerprint density at radius 1 is 1.62 bits per heavy atom. The van der Waals surface area contributed by atoms with Crippen LogP contribution in [0.5, 0.6) is 0 Å². The van der Waals surface area contributed by atoms with Gasteiger partial charge in [0.15, 0.2) is 0 Å². The summed E-state index contributed by atoms with van der Waals surface area (Å²) < 4.78 is 0. The molecule has 76 valence electrons. The summed E-state index contributed by atoms with van der Waals surface area (Å²) in [6.45, 7) is 1.75. The van der Waals surface area contributed by atoms with Crippen molar-refractivity contribution in [3.05, 3.63) is 0 Å². The first-order chi connectivity index (χ1) is 6.02. The highest BCUT2D eigenvalue weighted by Crippen LogP contribution is 1.92. The Morgan fingerprint density at radius 3 is 2.46 bits per heavy atom. The molecule has 0 heterocycles. The maximum Gasteiger partial charge on any atom is 0.327 e. The summed E-state index contributed by atoms with van der Waals surface area (Å²) in [4.78, 5) is 21.6. The van der Waals surface area contributed by atoms with E-state index < -0.39 is 24.0 Å². The van der Waals surface area contributed by atoms with E-state index in [9.17, 15) is 9.59 Å². The van der Waals surface area contributed by atoms with Crippen LogP contribution in [0.15, 0.2) is 0 Å². The molecule has 0 fully saturated rings. The first-order valence-corrected chi connectivity index (χ1v) is 4.55. The second-order valence-corrected chi connectivity index (χ2v) is 2.96. The Hall–Kier alpha value is -0.750. The Bertz CT molecular complexity index is 198. The maximum atomic E-state index is 11.1. The van der Waals surface area contributed by atoms with Gasteiger partial charge in [-0.3, -0.25) is 4.79 Å². The SMILES string of the molecule is CC[C@H](N)C(=O)N[C@@H](CS)C(=O)O. The fourth-order valence-electron chi connectivity index (χ4n) is 0.650. The Labute approximate surface area is 82.1 Å². The van der Waals surface area contributed by atoms with Crippen molar-refractivity contribution in [2.45, 2.75) is 25.4 Å². The molecule has 2 atom stereocenters. The molecule has 0 aliphatic carbocycles. The molecule has 13 heavy (non-hydrogen) atoms. The van der Waals surface area contributed by atoms with Gasteiger partial charge in [0.25, 0.3) is 0 Å². The molecule has 0 saturated carbocycles. The Kier molecular flexibility index (Phi) is 5.48. The van der Waals surface area contributed by atoms with E-state index in [0.29, 0.717) is 6.42 Å². The summed E-state index contributed by atoms with van der Waals surface area (Å²) in [5, 5.41) is 10.8. The lowest BCUT2D eigenvalue weighted by molar-refractivity contribution is -0.141. The van der Waals surface area contributed by atoms with Crippen LogP contribution in [0.2, 0.25) is 0 Å². The van der Waals surface area contributed by atoms with E-state index >= 15 is 0 Å². The molecule has 0 aliphatic heterocycles. The predicted octanol–water partition coefficient (Wildman–Crippen LogP) is -0.777. The van der Waals surface area contributed by atoms with Crippen molar-refractivity contribution >= 4 is 24.5 Å². The van der Waals surface area contributed by atoms with Gasteiger partial charge in [-0.15, -0.1) is 0 Å². The van der Waals surface area contributed by atoms with Gasteiger partial charge in [0.1, 0.15) is 6.04 Å². The third-order valence-electron chi connectivity index (χ3n) is 1.57. The normalized spacial score (nSPS) is 14.7. The van der Waals surface area contributed by atoms with Crippen molar-refractivity contribution in [3.8, 4) is 0 Å². The van der Waals surface area contributed by atoms with E-state index in [0.717, 1.165) is 0 Å². The summed E-state index contributed by atoms with van der Waals surface area (Å²) in [6.07, 6.45) is 0.477. The predicted molar refractivity (Wildman–Crippen MR) is 51.7 cm³/mol. The van der Waals surface area contributed by atoms with Crippen molar-refractivity contribution < 1.29 is 14.7 Å². The van der Waals surface area contributed by atoms with Gasteiger partial charge in [0.2, 0.25) is 5.91 Å². The number of nitrogens with two attached hydrogens (primary N) is 1. The molecule has 1 amide bonds. The van der Waals surface area contributed by atoms with Crippen molar-refractivity contribution in [1.82, 2.24) is 5.32 Å². The van der Waals surface area contributed by atoms with Gasteiger partial charge in [-0.2, -0.15) is 12.6 Å². The first-order valence-electron chi connectivity index (χ1n) is 3.92. The van der Waals surface area contributed by atoms with Crippen molar-refractivity contribution in [3.63, 3.8) is 0 Å². The highest BCUT2D eigenvalue weighted by atomic mass is 32.1. The minimum Gasteiger partial charge on any atom is -0.480 e. The average Bonchev–Trinajstić information content (AvgIpc) is 2.11. The van der Waals surface area contributed by atoms with Crippen LogP contribution in [-0.4, -0.2) is 34.8 Å². The zero-order valence-corrected chi connectivity index (χ0v) is 8.25. The van der Waals surface area contributed by atoms with Crippen molar-refractivity contribution in [1.29, 1.82) is 0 Å². The molecule has 0 aromatic rings. The first kappa shape index (κ1) is 12.2. The standard InChI is InChI=1S/C7H14N2O3S/c1-2-4(8)6(10)9-5(3-13)7(11)12/h4-5,13H,2-3,8H2,1H3,(H,9,10)(H,11,12)/t4-,5-/m0/s1. The molecule has 6 heteroatoms. The number of aliphatic carboxylic acids is 1. The maximum absolute atomic E-state index is 11.1. The lowest BCUT2D eigenvalue weighted by Crippen LogP contribution is -2.49. The minimum atomic E-state index is -1.10. The molecule has 0 aromatic heterocycles. The van der Waals surface area contributed by atoms with E-state index in [1.165, 1.54) is 0 Å². The smallest absolute Gasteiger partial charge is 0.327 e. The molecule has 0 radical (unpaired) electrons. The van der Waals surface area contributed by atoms with E-state index in [1.54, 1.807) is 6.92 Å². The van der Waals surface area contributed by atoms with Gasteiger partial charge in [-0.05, 0) is 6.42 Å². The number of nitrogens with one attached hydrogen (secondary N) is 1. The third-order valence-corrected chi connectivity index (χ3v) is 1.94. The molecule has 0 aliphatic rings. The van der Waals surface area contributed by atoms with Crippen LogP contribution in [0.4, 0.5) is 0 Å². The van der Waals surface area contributed by atoms with Gasteiger partial charge in [0.05, 0.1) is 6.04 Å². The number of hydrogen-bond acceptors (Lipinski definition) is 4. The molecule has 0 unspecified atom stereocenters. The zero-order chi connectivity index (χ0) is 10.4. The summed E-state index contributed by atoms with van der Waals surface area (Å²) in [5.41, 5.74) is 5.39. The topological polar surface area (TPSA) is 92.4 Å². The van der Waals surface area contributed by atoms with Crippen LogP contribution < -0.4 is 11.1 Å². The van der Waals surface area contributed by atoms with Crippen LogP contribution in [0.3, 0.4) is 0 Å². The number of carboxylic acid groups (broad SMARTS) is 1. The number of rotatable bonds is 5. The number of hydrogen-bond donors (Lipinski definition) is 4. The summed E-state index contributed by atoms with van der Waals surface area (Å²) in [6, 6.07) is -1.62. The van der Waals surface area contributed by atoms with Crippen LogP contribution >= 0.6 is 12.6 Å². The fraction of sp³-hybridized carbons (Fsp3) is 0.714. The number of amides is 1. The van der Waals surface area contributed by atoms with Gasteiger partial charge in [-0.25, -0.2) is 4.79 Å². The molecular formula is C7H14N2O3S. The minimum absolute atomic E-state index is 0.0531. The Morgan fingerprint density at radius 2 is 2.15 bits per heavy atom. The van der Waals surface area contributed by atoms with Crippen molar-refractivity contribution in [2.75, 3.05) is 5.75 Å². The molecule has 5 nitrogen and oxygen atoms in total. The molecule has 0 rings (SSSR count). The van der Waals surface area contributed by atoms with Crippen LogP contribution in [0.25, 0.3) is 0 Å². The monoisotopic (exact) mass is 206 g/mol. The van der Waals surface area contributed by atoms with E-state index in [-0.39, 0.29) is 5.75 Å². The van der Waals surface area contributed by atoms with Crippen LogP contribution in [-0.2, 0) is 9.59 Å². The summed E-state index contributed by atoms with van der Waals surface area (Å²) in [7, 11) is 0. The van der Waals surface area contributed by atoms with Gasteiger partial charge in [0, 0.05) is 5.75 Å². The highest BCUT2D eigenvalue weighted by molar-refractivity contribution is 7.80.